The molecule has 2 atom stereocenters. The maximum atomic E-state index is 13.3. The second-order valence-corrected chi connectivity index (χ2v) is 12.2. The number of amides is 1. The van der Waals surface area contributed by atoms with E-state index in [1.807, 2.05) is 42.0 Å². The highest BCUT2D eigenvalue weighted by Gasteiger charge is 2.53. The number of H-pyrrole nitrogens is 1. The van der Waals surface area contributed by atoms with Crippen molar-refractivity contribution in [3.05, 3.63) is 71.7 Å². The molecule has 0 radical (unpaired) electrons. The number of likely N-dealkylation sites (tertiary alicyclic amines) is 1. The van der Waals surface area contributed by atoms with E-state index < -0.39 is 0 Å². The Bertz CT molecular complexity index is 2020. The number of hydrogen-bond donors (Lipinski definition) is 1. The van der Waals surface area contributed by atoms with Gasteiger partial charge in [0, 0.05) is 64.7 Å². The summed E-state index contributed by atoms with van der Waals surface area (Å²) in [5.74, 6) is 0. The van der Waals surface area contributed by atoms with E-state index in [-0.39, 0.29) is 17.6 Å². The van der Waals surface area contributed by atoms with Crippen molar-refractivity contribution in [1.82, 2.24) is 44.2 Å². The minimum atomic E-state index is -0.155. The maximum Gasteiger partial charge on any atom is 0.329 e. The Kier molecular flexibility index (Phi) is 5.43. The number of nitrogens with zero attached hydrogens (tertiary/aromatic N) is 8. The van der Waals surface area contributed by atoms with Crippen molar-refractivity contribution in [2.75, 3.05) is 6.54 Å². The molecule has 42 heavy (non-hydrogen) atoms. The van der Waals surface area contributed by atoms with Crippen molar-refractivity contribution in [3.63, 3.8) is 0 Å². The summed E-state index contributed by atoms with van der Waals surface area (Å²) in [6.07, 6.45) is 12.4. The van der Waals surface area contributed by atoms with Gasteiger partial charge in [0.05, 0.1) is 34.5 Å². The molecular formula is C31H30ClN9O. The van der Waals surface area contributed by atoms with E-state index in [1.54, 1.807) is 23.3 Å². The molecule has 1 spiro atoms. The van der Waals surface area contributed by atoms with E-state index in [0.29, 0.717) is 5.02 Å². The number of carbonyl (C=O) groups excluding carboxylic acids is 1. The Hall–Kier alpha value is -4.44. The average molecular weight is 580 g/mol. The zero-order valence-electron chi connectivity index (χ0n) is 23.7. The Morgan fingerprint density at radius 2 is 2.02 bits per heavy atom. The van der Waals surface area contributed by atoms with Crippen molar-refractivity contribution in [1.29, 1.82) is 0 Å². The van der Waals surface area contributed by atoms with Gasteiger partial charge in [0.25, 0.3) is 0 Å². The molecule has 2 fully saturated rings. The Balaban J connectivity index is 1.27. The van der Waals surface area contributed by atoms with Crippen molar-refractivity contribution in [2.24, 2.45) is 7.05 Å². The summed E-state index contributed by atoms with van der Waals surface area (Å²) in [6, 6.07) is 8.56. The number of hydrogen-bond acceptors (Lipinski definition) is 5. The number of carbonyl (C=O) groups is 1. The van der Waals surface area contributed by atoms with Crippen LogP contribution in [0.15, 0.2) is 55.4 Å². The smallest absolute Gasteiger partial charge is 0.318 e. The number of benzene rings is 2. The molecule has 2 aliphatic rings. The average Bonchev–Trinajstić information content (AvgIpc) is 3.80. The third-order valence-corrected chi connectivity index (χ3v) is 10.0. The third-order valence-electron chi connectivity index (χ3n) is 9.52. The van der Waals surface area contributed by atoms with E-state index in [2.05, 4.69) is 50.1 Å². The van der Waals surface area contributed by atoms with Crippen LogP contribution in [-0.2, 0) is 7.05 Å². The van der Waals surface area contributed by atoms with Gasteiger partial charge < -0.3 is 4.90 Å². The van der Waals surface area contributed by atoms with Crippen LogP contribution in [0.5, 0.6) is 0 Å². The normalized spacial score (nSPS) is 20.3. The zero-order valence-corrected chi connectivity index (χ0v) is 24.4. The monoisotopic (exact) mass is 579 g/mol. The first-order valence-corrected chi connectivity index (χ1v) is 14.7. The summed E-state index contributed by atoms with van der Waals surface area (Å²) in [7, 11) is 1.95. The minimum Gasteiger partial charge on any atom is -0.318 e. The lowest BCUT2D eigenvalue weighted by Gasteiger charge is -2.50. The highest BCUT2D eigenvalue weighted by molar-refractivity contribution is 6.36. The molecule has 8 rings (SSSR count). The number of imidazole rings is 1. The van der Waals surface area contributed by atoms with Gasteiger partial charge >= 0.3 is 6.03 Å². The van der Waals surface area contributed by atoms with Crippen LogP contribution < -0.4 is 0 Å². The fraction of sp³-hybridized carbons (Fsp3) is 0.323. The van der Waals surface area contributed by atoms with E-state index in [0.717, 1.165) is 87.7 Å². The van der Waals surface area contributed by atoms with Crippen molar-refractivity contribution in [3.8, 4) is 22.4 Å². The predicted molar refractivity (Wildman–Crippen MR) is 161 cm³/mol. The second kappa shape index (κ2) is 9.03. The second-order valence-electron chi connectivity index (χ2n) is 11.8. The Morgan fingerprint density at radius 3 is 2.81 bits per heavy atom. The molecule has 2 aromatic carbocycles. The quantitative estimate of drug-likeness (QED) is 0.266. The van der Waals surface area contributed by atoms with Crippen molar-refractivity contribution < 1.29 is 4.79 Å². The van der Waals surface area contributed by atoms with Gasteiger partial charge in [0.2, 0.25) is 0 Å². The van der Waals surface area contributed by atoms with Crippen LogP contribution in [0, 0.1) is 13.8 Å². The van der Waals surface area contributed by atoms with E-state index in [9.17, 15) is 4.79 Å². The number of rotatable bonds is 3. The molecule has 1 N–H and O–H groups in total. The number of aromatic nitrogens is 8. The molecule has 1 saturated heterocycles. The van der Waals surface area contributed by atoms with Crippen LogP contribution in [0.25, 0.3) is 44.2 Å². The highest BCUT2D eigenvalue weighted by atomic mass is 35.5. The number of fused-ring (bicyclic) bond motifs is 2. The van der Waals surface area contributed by atoms with Gasteiger partial charge in [-0.2, -0.15) is 15.3 Å². The molecule has 11 heteroatoms. The summed E-state index contributed by atoms with van der Waals surface area (Å²) < 4.78 is 5.65. The van der Waals surface area contributed by atoms with Crippen LogP contribution in [-0.4, -0.2) is 62.3 Å². The first-order valence-electron chi connectivity index (χ1n) is 14.3. The summed E-state index contributed by atoms with van der Waals surface area (Å²) in [4.78, 5) is 19.4. The molecule has 6 aromatic rings. The highest BCUT2D eigenvalue weighted by Crippen LogP contribution is 2.51. The van der Waals surface area contributed by atoms with Gasteiger partial charge in [0.15, 0.2) is 0 Å². The van der Waals surface area contributed by atoms with E-state index in [4.69, 9.17) is 16.7 Å². The van der Waals surface area contributed by atoms with Gasteiger partial charge in [-0.15, -0.1) is 0 Å². The molecule has 212 valence electrons. The number of halogens is 1. The van der Waals surface area contributed by atoms with E-state index in [1.165, 1.54) is 0 Å². The molecule has 2 unspecified atom stereocenters. The summed E-state index contributed by atoms with van der Waals surface area (Å²) >= 11 is 7.10. The van der Waals surface area contributed by atoms with Crippen LogP contribution in [0.1, 0.15) is 43.0 Å². The van der Waals surface area contributed by atoms with Gasteiger partial charge in [-0.05, 0) is 63.3 Å². The van der Waals surface area contributed by atoms with Crippen LogP contribution in [0.3, 0.4) is 0 Å². The first-order chi connectivity index (χ1) is 20.3. The molecule has 1 saturated carbocycles. The van der Waals surface area contributed by atoms with Gasteiger partial charge in [-0.25, -0.2) is 9.78 Å². The van der Waals surface area contributed by atoms with Gasteiger partial charge in [0.1, 0.15) is 12.0 Å². The third kappa shape index (κ3) is 3.54. The van der Waals surface area contributed by atoms with Crippen LogP contribution in [0.4, 0.5) is 4.79 Å². The zero-order chi connectivity index (χ0) is 28.7. The molecule has 1 aliphatic heterocycles. The van der Waals surface area contributed by atoms with Gasteiger partial charge in [-0.1, -0.05) is 17.7 Å². The number of aryl methyl sites for hydroxylation is 2. The van der Waals surface area contributed by atoms with Gasteiger partial charge in [-0.3, -0.25) is 19.0 Å². The lowest BCUT2D eigenvalue weighted by Crippen LogP contribution is -2.61. The predicted octanol–water partition coefficient (Wildman–Crippen LogP) is 6.28. The largest absolute Gasteiger partial charge is 0.329 e. The summed E-state index contributed by atoms with van der Waals surface area (Å²) in [6.45, 7) is 4.93. The minimum absolute atomic E-state index is 0.00312. The molecule has 4 aromatic heterocycles. The fourth-order valence-electron chi connectivity index (χ4n) is 7.24. The lowest BCUT2D eigenvalue weighted by atomic mass is 9.83. The summed E-state index contributed by atoms with van der Waals surface area (Å²) in [5.41, 5.74) is 7.73. The molecule has 1 amide bonds. The molecule has 10 nitrogen and oxygen atoms in total. The number of nitrogens with one attached hydrogen (secondary N) is 1. The Morgan fingerprint density at radius 1 is 1.14 bits per heavy atom. The topological polar surface area (TPSA) is 102 Å². The lowest BCUT2D eigenvalue weighted by molar-refractivity contribution is 0.0264. The maximum absolute atomic E-state index is 13.3. The fourth-order valence-corrected chi connectivity index (χ4v) is 7.49. The van der Waals surface area contributed by atoms with Crippen molar-refractivity contribution in [2.45, 2.75) is 51.1 Å². The van der Waals surface area contributed by atoms with Crippen molar-refractivity contribution >= 4 is 39.4 Å². The Labute approximate surface area is 246 Å². The standard InChI is InChI=1S/C31H30ClN9O/c1-18-12-24-23(16-34-36-24)27(28(18)32)26-19(2)41(37-29(26)20-4-5-25-21(13-20)15-35-38(25)3)22-6-7-31(14-22)8-10-40(31)30(42)39-11-9-33-17-39/h4-5,9,11-13,15-17,22H,6-8,10,14H2,1-3H3,(H,34,36). The molecule has 0 bridgehead atoms. The SMILES string of the molecule is Cc1cc2[nH]ncc2c(-c2c(-c3ccc4c(cnn4C)c3)nn(C3CCC4(CCN4C(=O)n4ccnc4)C3)c2C)c1Cl. The van der Waals surface area contributed by atoms with Crippen LogP contribution >= 0.6 is 11.6 Å². The first kappa shape index (κ1) is 25.3. The number of aromatic amines is 1. The molecular weight excluding hydrogens is 550 g/mol. The molecule has 5 heterocycles. The van der Waals surface area contributed by atoms with E-state index >= 15 is 0 Å². The molecule has 1 aliphatic carbocycles. The summed E-state index contributed by atoms with van der Waals surface area (Å²) in [5, 5.41) is 20.0. The van der Waals surface area contributed by atoms with Crippen LogP contribution in [0.2, 0.25) is 5.02 Å².